The van der Waals surface area contributed by atoms with E-state index in [4.69, 9.17) is 20.5 Å². The summed E-state index contributed by atoms with van der Waals surface area (Å²) in [6, 6.07) is 9.49. The van der Waals surface area contributed by atoms with Gasteiger partial charge in [-0.1, -0.05) is 18.2 Å². The van der Waals surface area contributed by atoms with Crippen molar-refractivity contribution in [1.82, 2.24) is 9.97 Å². The predicted octanol–water partition coefficient (Wildman–Crippen LogP) is 0.851. The van der Waals surface area contributed by atoms with E-state index in [1.165, 1.54) is 0 Å². The molecule has 1 aromatic carbocycles. The highest BCUT2D eigenvalue weighted by molar-refractivity contribution is 5.80. The van der Waals surface area contributed by atoms with Crippen LogP contribution in [0.3, 0.4) is 0 Å². The van der Waals surface area contributed by atoms with Crippen molar-refractivity contribution in [2.45, 2.75) is 12.2 Å². The Kier molecular flexibility index (Phi) is 4.17. The zero-order chi connectivity index (χ0) is 16.2. The smallest absolute Gasteiger partial charge is 0.316 e. The molecule has 1 fully saturated rings. The van der Waals surface area contributed by atoms with Crippen molar-refractivity contribution in [2.75, 3.05) is 6.61 Å². The molecule has 1 amide bonds. The second-order valence-electron chi connectivity index (χ2n) is 4.92. The van der Waals surface area contributed by atoms with Gasteiger partial charge in [0.1, 0.15) is 12.2 Å². The summed E-state index contributed by atoms with van der Waals surface area (Å²) in [5, 5.41) is 9.12. The summed E-state index contributed by atoms with van der Waals surface area (Å²) in [7, 11) is 0. The van der Waals surface area contributed by atoms with Gasteiger partial charge in [0.2, 0.25) is 5.91 Å². The number of nitriles is 1. The first kappa shape index (κ1) is 14.9. The van der Waals surface area contributed by atoms with Gasteiger partial charge in [0.25, 0.3) is 0 Å². The lowest BCUT2D eigenvalue weighted by molar-refractivity contribution is -0.125. The summed E-state index contributed by atoms with van der Waals surface area (Å²) in [6.07, 6.45) is 3.57. The fourth-order valence-electron chi connectivity index (χ4n) is 2.24. The minimum absolute atomic E-state index is 0.165. The molecular formula is C16H13N4O3. The van der Waals surface area contributed by atoms with Crippen LogP contribution in [0, 0.1) is 17.8 Å². The van der Waals surface area contributed by atoms with E-state index in [0.29, 0.717) is 5.56 Å². The maximum absolute atomic E-state index is 11.0. The number of aromatic nitrogens is 2. The standard InChI is InChI=1S/C16H13N4O3/c17-6-10-3-1-2-4-13(10)11-7-19-16(20-8-11)23-12-5-14(15(18)21)22-9-12/h1-5,7-8,12,14H,9H2,(H2,18,21). The van der Waals surface area contributed by atoms with Crippen molar-refractivity contribution in [2.24, 2.45) is 5.73 Å². The van der Waals surface area contributed by atoms with Crippen molar-refractivity contribution in [3.63, 3.8) is 0 Å². The van der Waals surface area contributed by atoms with Gasteiger partial charge in [-0.15, -0.1) is 0 Å². The molecule has 7 heteroatoms. The molecule has 2 N–H and O–H groups in total. The molecule has 1 aliphatic rings. The van der Waals surface area contributed by atoms with E-state index < -0.39 is 18.1 Å². The Morgan fingerprint density at radius 1 is 1.35 bits per heavy atom. The molecule has 0 bridgehead atoms. The Bertz CT molecular complexity index is 755. The third-order valence-electron chi connectivity index (χ3n) is 3.35. The van der Waals surface area contributed by atoms with Crippen LogP contribution in [0.25, 0.3) is 11.1 Å². The topological polar surface area (TPSA) is 111 Å². The number of benzene rings is 1. The molecule has 2 heterocycles. The molecule has 7 nitrogen and oxygen atoms in total. The molecule has 0 saturated carbocycles. The molecule has 1 radical (unpaired) electrons. The van der Waals surface area contributed by atoms with Crippen LogP contribution in [-0.2, 0) is 9.53 Å². The molecule has 23 heavy (non-hydrogen) atoms. The van der Waals surface area contributed by atoms with Gasteiger partial charge in [-0.2, -0.15) is 5.26 Å². The zero-order valence-electron chi connectivity index (χ0n) is 12.0. The second-order valence-corrected chi connectivity index (χ2v) is 4.92. The molecule has 115 valence electrons. The van der Waals surface area contributed by atoms with Gasteiger partial charge in [0, 0.05) is 29.9 Å². The highest BCUT2D eigenvalue weighted by Crippen LogP contribution is 2.23. The van der Waals surface area contributed by atoms with Crippen molar-refractivity contribution in [3.05, 3.63) is 48.6 Å². The third kappa shape index (κ3) is 3.27. The average molecular weight is 309 g/mol. The number of nitrogens with two attached hydrogens (primary N) is 1. The molecule has 2 atom stereocenters. The van der Waals surface area contributed by atoms with Crippen molar-refractivity contribution in [3.8, 4) is 23.2 Å². The van der Waals surface area contributed by atoms with E-state index in [2.05, 4.69) is 16.0 Å². The molecular weight excluding hydrogens is 296 g/mol. The second kappa shape index (κ2) is 6.42. The van der Waals surface area contributed by atoms with Gasteiger partial charge < -0.3 is 15.2 Å². The number of ether oxygens (including phenoxy) is 2. The molecule has 1 saturated heterocycles. The molecule has 3 rings (SSSR count). The number of nitrogens with zero attached hydrogens (tertiary/aromatic N) is 3. The van der Waals surface area contributed by atoms with Gasteiger partial charge in [-0.25, -0.2) is 9.97 Å². The summed E-state index contributed by atoms with van der Waals surface area (Å²) in [5.41, 5.74) is 7.18. The van der Waals surface area contributed by atoms with Crippen LogP contribution in [0.2, 0.25) is 0 Å². The molecule has 2 aromatic rings. The van der Waals surface area contributed by atoms with Crippen molar-refractivity contribution < 1.29 is 14.3 Å². The summed E-state index contributed by atoms with van der Waals surface area (Å²) in [5.74, 6) is -0.555. The summed E-state index contributed by atoms with van der Waals surface area (Å²) >= 11 is 0. The maximum Gasteiger partial charge on any atom is 0.316 e. The fraction of sp³-hybridized carbons (Fsp3) is 0.188. The van der Waals surface area contributed by atoms with E-state index >= 15 is 0 Å². The van der Waals surface area contributed by atoms with Gasteiger partial charge in [0.15, 0.2) is 0 Å². The first-order valence-corrected chi connectivity index (χ1v) is 6.91. The predicted molar refractivity (Wildman–Crippen MR) is 79.8 cm³/mol. The van der Waals surface area contributed by atoms with Crippen LogP contribution in [-0.4, -0.2) is 34.7 Å². The molecule has 0 spiro atoms. The van der Waals surface area contributed by atoms with Crippen LogP contribution in [0.15, 0.2) is 36.7 Å². The van der Waals surface area contributed by atoms with Crippen molar-refractivity contribution in [1.29, 1.82) is 5.26 Å². The van der Waals surface area contributed by atoms with Crippen LogP contribution in [0.5, 0.6) is 6.01 Å². The first-order chi connectivity index (χ1) is 11.2. The number of carbonyl (C=O) groups is 1. The normalized spacial score (nSPS) is 20.0. The van der Waals surface area contributed by atoms with Crippen LogP contribution in [0.4, 0.5) is 0 Å². The number of hydrogen-bond donors (Lipinski definition) is 1. The minimum atomic E-state index is -0.748. The highest BCUT2D eigenvalue weighted by Gasteiger charge is 2.31. The Balaban J connectivity index is 1.71. The Morgan fingerprint density at radius 2 is 2.09 bits per heavy atom. The molecule has 2 unspecified atom stereocenters. The largest absolute Gasteiger partial charge is 0.457 e. The van der Waals surface area contributed by atoms with E-state index in [-0.39, 0.29) is 12.6 Å². The quantitative estimate of drug-likeness (QED) is 0.896. The SMILES string of the molecule is N#Cc1ccccc1-c1cnc(OC2[CH]C(C(N)=O)OC2)nc1. The Morgan fingerprint density at radius 3 is 2.74 bits per heavy atom. The van der Waals surface area contributed by atoms with Crippen LogP contribution >= 0.6 is 0 Å². The number of amides is 1. The monoisotopic (exact) mass is 309 g/mol. The number of hydrogen-bond acceptors (Lipinski definition) is 6. The fourth-order valence-corrected chi connectivity index (χ4v) is 2.24. The number of rotatable bonds is 4. The minimum Gasteiger partial charge on any atom is -0.457 e. The van der Waals surface area contributed by atoms with Crippen LogP contribution in [0.1, 0.15) is 5.56 Å². The summed E-state index contributed by atoms with van der Waals surface area (Å²) in [4.78, 5) is 19.3. The zero-order valence-corrected chi connectivity index (χ0v) is 12.0. The van der Waals surface area contributed by atoms with Crippen molar-refractivity contribution >= 4 is 5.91 Å². The Labute approximate surface area is 132 Å². The lowest BCUT2D eigenvalue weighted by atomic mass is 10.0. The summed E-state index contributed by atoms with van der Waals surface area (Å²) < 4.78 is 10.7. The molecule has 1 aromatic heterocycles. The maximum atomic E-state index is 11.0. The van der Waals surface area contributed by atoms with Gasteiger partial charge in [-0.3, -0.25) is 4.79 Å². The van der Waals surface area contributed by atoms with E-state index in [9.17, 15) is 4.79 Å². The van der Waals surface area contributed by atoms with Gasteiger partial charge >= 0.3 is 6.01 Å². The van der Waals surface area contributed by atoms with E-state index in [1.54, 1.807) is 30.9 Å². The highest BCUT2D eigenvalue weighted by atomic mass is 16.6. The average Bonchev–Trinajstić information content (AvgIpc) is 3.04. The lowest BCUT2D eigenvalue weighted by Gasteiger charge is -2.10. The third-order valence-corrected chi connectivity index (χ3v) is 3.35. The molecule has 1 aliphatic heterocycles. The summed E-state index contributed by atoms with van der Waals surface area (Å²) in [6.45, 7) is 0.218. The first-order valence-electron chi connectivity index (χ1n) is 6.91. The Hall–Kier alpha value is -2.98. The van der Waals surface area contributed by atoms with E-state index in [1.807, 2.05) is 12.1 Å². The number of primary amides is 1. The lowest BCUT2D eigenvalue weighted by Crippen LogP contribution is -2.29. The van der Waals surface area contributed by atoms with Crippen LogP contribution < -0.4 is 10.5 Å². The number of carbonyl (C=O) groups excluding carboxylic acids is 1. The van der Waals surface area contributed by atoms with E-state index in [0.717, 1.165) is 11.1 Å². The van der Waals surface area contributed by atoms with Gasteiger partial charge in [-0.05, 0) is 6.07 Å². The van der Waals surface area contributed by atoms with Gasteiger partial charge in [0.05, 0.1) is 18.2 Å². The molecule has 0 aliphatic carbocycles.